The van der Waals surface area contributed by atoms with E-state index in [9.17, 15) is 14.4 Å². The normalized spacial score (nSPS) is 11.2. The molecule has 1 amide bonds. The van der Waals surface area contributed by atoms with Crippen LogP contribution in [0.15, 0.2) is 45.2 Å². The Labute approximate surface area is 118 Å². The number of nitrogens with zero attached hydrogens (tertiary/aromatic N) is 1. The Balaban J connectivity index is 2.16. The van der Waals surface area contributed by atoms with E-state index in [1.54, 1.807) is 24.3 Å². The van der Waals surface area contributed by atoms with Gasteiger partial charge in [0.25, 0.3) is 11.5 Å². The Kier molecular flexibility index (Phi) is 3.98. The summed E-state index contributed by atoms with van der Waals surface area (Å²) in [6.45, 7) is 1.53. The van der Waals surface area contributed by atoms with Crippen LogP contribution in [0.25, 0.3) is 0 Å². The lowest BCUT2D eigenvalue weighted by Crippen LogP contribution is -2.28. The molecule has 0 atom stereocenters. The summed E-state index contributed by atoms with van der Waals surface area (Å²) in [7, 11) is 0. The maximum Gasteiger partial charge on any atom is 0.325 e. The van der Waals surface area contributed by atoms with Crippen molar-refractivity contribution in [1.29, 1.82) is 0 Å². The molecule has 0 radical (unpaired) electrons. The van der Waals surface area contributed by atoms with Gasteiger partial charge in [0.2, 0.25) is 0 Å². The largest absolute Gasteiger partial charge is 0.399 e. The van der Waals surface area contributed by atoms with Gasteiger partial charge in [-0.25, -0.2) is 10.2 Å². The number of nitrogens with one attached hydrogen (secondary N) is 3. The van der Waals surface area contributed by atoms with Crippen LogP contribution in [0.4, 0.5) is 5.69 Å². The minimum Gasteiger partial charge on any atom is -0.399 e. The van der Waals surface area contributed by atoms with Crippen LogP contribution in [-0.4, -0.2) is 21.6 Å². The third-order valence-electron chi connectivity index (χ3n) is 2.71. The van der Waals surface area contributed by atoms with Crippen LogP contribution in [-0.2, 0) is 0 Å². The zero-order valence-electron chi connectivity index (χ0n) is 11.1. The number of hydrazone groups is 1. The molecule has 8 nitrogen and oxygen atoms in total. The third-order valence-corrected chi connectivity index (χ3v) is 2.71. The van der Waals surface area contributed by atoms with Gasteiger partial charge in [0.05, 0.1) is 11.3 Å². The fourth-order valence-electron chi connectivity index (χ4n) is 1.57. The topological polar surface area (TPSA) is 133 Å². The first-order valence-electron chi connectivity index (χ1n) is 6.00. The predicted molar refractivity (Wildman–Crippen MR) is 78.2 cm³/mol. The van der Waals surface area contributed by atoms with E-state index in [4.69, 9.17) is 5.73 Å². The molecule has 1 heterocycles. The highest BCUT2D eigenvalue weighted by molar-refractivity contribution is 6.00. The lowest BCUT2D eigenvalue weighted by atomic mass is 10.2. The zero-order chi connectivity index (χ0) is 15.4. The van der Waals surface area contributed by atoms with Crippen molar-refractivity contribution in [2.24, 2.45) is 5.10 Å². The first-order valence-corrected chi connectivity index (χ1v) is 6.00. The quantitative estimate of drug-likeness (QED) is 0.353. The number of anilines is 1. The van der Waals surface area contributed by atoms with Gasteiger partial charge in [-0.1, -0.05) is 0 Å². The Hall–Kier alpha value is -3.16. The third kappa shape index (κ3) is 3.44. The molecule has 0 unspecified atom stereocenters. The van der Waals surface area contributed by atoms with Gasteiger partial charge in [0, 0.05) is 17.4 Å². The van der Waals surface area contributed by atoms with Crippen molar-refractivity contribution in [1.82, 2.24) is 15.4 Å². The average molecular weight is 287 g/mol. The average Bonchev–Trinajstić information content (AvgIpc) is 2.45. The number of aromatic amines is 2. The summed E-state index contributed by atoms with van der Waals surface area (Å²) in [6.07, 6.45) is 1.23. The number of aromatic nitrogens is 2. The molecule has 1 aromatic carbocycles. The fraction of sp³-hybridized carbons (Fsp3) is 0.0769. The number of hydrogen-bond donors (Lipinski definition) is 4. The van der Waals surface area contributed by atoms with Crippen LogP contribution in [0.5, 0.6) is 0 Å². The van der Waals surface area contributed by atoms with Crippen molar-refractivity contribution in [3.05, 3.63) is 62.4 Å². The molecule has 1 aromatic heterocycles. The van der Waals surface area contributed by atoms with Gasteiger partial charge in [-0.15, -0.1) is 0 Å². The van der Waals surface area contributed by atoms with Gasteiger partial charge >= 0.3 is 5.69 Å². The highest BCUT2D eigenvalue weighted by Crippen LogP contribution is 2.05. The monoisotopic (exact) mass is 287 g/mol. The van der Waals surface area contributed by atoms with E-state index >= 15 is 0 Å². The van der Waals surface area contributed by atoms with Crippen molar-refractivity contribution >= 4 is 17.3 Å². The number of carbonyl (C=O) groups excluding carboxylic acids is 1. The van der Waals surface area contributed by atoms with Crippen LogP contribution < -0.4 is 22.4 Å². The number of H-pyrrole nitrogens is 2. The Morgan fingerprint density at radius 2 is 1.90 bits per heavy atom. The van der Waals surface area contributed by atoms with E-state index < -0.39 is 17.2 Å². The van der Waals surface area contributed by atoms with E-state index in [0.717, 1.165) is 0 Å². The smallest absolute Gasteiger partial charge is 0.325 e. The summed E-state index contributed by atoms with van der Waals surface area (Å²) in [5.41, 5.74) is 8.01. The molecule has 0 bridgehead atoms. The molecule has 0 aliphatic rings. The summed E-state index contributed by atoms with van der Waals surface area (Å²) in [6, 6.07) is 6.31. The summed E-state index contributed by atoms with van der Waals surface area (Å²) >= 11 is 0. The maximum absolute atomic E-state index is 11.8. The number of amides is 1. The van der Waals surface area contributed by atoms with Crippen LogP contribution in [0, 0.1) is 0 Å². The molecule has 0 saturated heterocycles. The van der Waals surface area contributed by atoms with Crippen molar-refractivity contribution in [3.8, 4) is 0 Å². The van der Waals surface area contributed by atoms with Gasteiger partial charge in [-0.3, -0.25) is 14.6 Å². The molecule has 0 aliphatic carbocycles. The van der Waals surface area contributed by atoms with Gasteiger partial charge in [-0.05, 0) is 31.2 Å². The first kappa shape index (κ1) is 14.3. The molecule has 0 saturated carbocycles. The molecule has 0 fully saturated rings. The standard InChI is InChI=1S/C13H13N5O3/c1-7(10-6-15-13(21)16-12(10)20)17-18-11(19)8-2-4-9(14)5-3-8/h2-6H,14H2,1H3,(H,18,19)(H2,15,16,20,21). The van der Waals surface area contributed by atoms with Gasteiger partial charge < -0.3 is 10.7 Å². The van der Waals surface area contributed by atoms with E-state index in [0.29, 0.717) is 11.3 Å². The van der Waals surface area contributed by atoms with Crippen molar-refractivity contribution in [2.75, 3.05) is 5.73 Å². The van der Waals surface area contributed by atoms with Gasteiger partial charge in [-0.2, -0.15) is 5.10 Å². The minimum absolute atomic E-state index is 0.159. The van der Waals surface area contributed by atoms with Crippen molar-refractivity contribution in [2.45, 2.75) is 6.92 Å². The Morgan fingerprint density at radius 3 is 2.52 bits per heavy atom. The molecular formula is C13H13N5O3. The second-order valence-electron chi connectivity index (χ2n) is 4.25. The molecule has 2 rings (SSSR count). The molecule has 0 spiro atoms. The second-order valence-corrected chi connectivity index (χ2v) is 4.25. The highest BCUT2D eigenvalue weighted by atomic mass is 16.2. The summed E-state index contributed by atoms with van der Waals surface area (Å²) in [5, 5.41) is 3.83. The molecule has 2 aromatic rings. The number of nitrogen functional groups attached to an aromatic ring is 1. The summed E-state index contributed by atoms with van der Waals surface area (Å²) in [5.74, 6) is -0.435. The van der Waals surface area contributed by atoms with E-state index in [1.165, 1.54) is 13.1 Å². The molecule has 0 aliphatic heterocycles. The number of nitrogens with two attached hydrogens (primary N) is 1. The minimum atomic E-state index is -0.609. The summed E-state index contributed by atoms with van der Waals surface area (Å²) in [4.78, 5) is 38.7. The number of benzene rings is 1. The van der Waals surface area contributed by atoms with Crippen molar-refractivity contribution < 1.29 is 4.79 Å². The Morgan fingerprint density at radius 1 is 1.24 bits per heavy atom. The molecule has 5 N–H and O–H groups in total. The van der Waals surface area contributed by atoms with Crippen molar-refractivity contribution in [3.63, 3.8) is 0 Å². The molecule has 108 valence electrons. The second kappa shape index (κ2) is 5.87. The van der Waals surface area contributed by atoms with E-state index in [2.05, 4.69) is 20.5 Å². The lowest BCUT2D eigenvalue weighted by Gasteiger charge is -2.02. The lowest BCUT2D eigenvalue weighted by molar-refractivity contribution is 0.0955. The number of rotatable bonds is 3. The predicted octanol–water partition coefficient (Wildman–Crippen LogP) is -0.201. The highest BCUT2D eigenvalue weighted by Gasteiger charge is 2.07. The first-order chi connectivity index (χ1) is 9.97. The molecule has 21 heavy (non-hydrogen) atoms. The van der Waals surface area contributed by atoms with Crippen LogP contribution in [0.2, 0.25) is 0 Å². The van der Waals surface area contributed by atoms with Crippen LogP contribution >= 0.6 is 0 Å². The van der Waals surface area contributed by atoms with Crippen LogP contribution in [0.1, 0.15) is 22.8 Å². The SMILES string of the molecule is CC(=NNC(=O)c1ccc(N)cc1)c1c[nH]c(=O)[nH]c1=O. The van der Waals surface area contributed by atoms with Gasteiger partial charge in [0.15, 0.2) is 0 Å². The zero-order valence-corrected chi connectivity index (χ0v) is 11.1. The van der Waals surface area contributed by atoms with Gasteiger partial charge in [0.1, 0.15) is 0 Å². The van der Waals surface area contributed by atoms with E-state index in [1.807, 2.05) is 0 Å². The molecular weight excluding hydrogens is 274 g/mol. The maximum atomic E-state index is 11.8. The number of hydrogen-bond acceptors (Lipinski definition) is 5. The van der Waals surface area contributed by atoms with Crippen LogP contribution in [0.3, 0.4) is 0 Å². The number of carbonyl (C=O) groups is 1. The fourth-order valence-corrected chi connectivity index (χ4v) is 1.57. The summed E-state index contributed by atoms with van der Waals surface area (Å²) < 4.78 is 0. The molecule has 8 heteroatoms. The van der Waals surface area contributed by atoms with E-state index in [-0.39, 0.29) is 11.3 Å². The Bertz CT molecular complexity index is 802.